The summed E-state index contributed by atoms with van der Waals surface area (Å²) >= 11 is 6.02. The van der Waals surface area contributed by atoms with Crippen molar-refractivity contribution in [2.24, 2.45) is 4.99 Å². The molecule has 1 aliphatic rings. The van der Waals surface area contributed by atoms with Crippen LogP contribution in [0.2, 0.25) is 5.02 Å². The predicted octanol–water partition coefficient (Wildman–Crippen LogP) is 4.83. The highest BCUT2D eigenvalue weighted by Gasteiger charge is 2.20. The average Bonchev–Trinajstić information content (AvgIpc) is 2.73. The van der Waals surface area contributed by atoms with Gasteiger partial charge in [-0.05, 0) is 54.8 Å². The van der Waals surface area contributed by atoms with Crippen molar-refractivity contribution in [2.45, 2.75) is 19.9 Å². The van der Waals surface area contributed by atoms with Crippen molar-refractivity contribution in [3.63, 3.8) is 0 Å². The first-order valence-corrected chi connectivity index (χ1v) is 9.24. The molecular formula is C22H26ClN3O. The lowest BCUT2D eigenvalue weighted by molar-refractivity contribution is 0.112. The largest absolute Gasteiger partial charge is 0.317 e. The van der Waals surface area contributed by atoms with Crippen molar-refractivity contribution in [1.29, 1.82) is 0 Å². The number of rotatable bonds is 4. The maximum Gasteiger partial charge on any atom is 0.150 e. The van der Waals surface area contributed by atoms with Crippen LogP contribution in [0.4, 0.5) is 5.69 Å². The number of anilines is 1. The Bertz CT molecular complexity index is 802. The highest BCUT2D eigenvalue weighted by molar-refractivity contribution is 6.30. The van der Waals surface area contributed by atoms with Crippen molar-refractivity contribution in [3.8, 4) is 0 Å². The molecule has 3 rings (SSSR count). The molecule has 0 spiro atoms. The van der Waals surface area contributed by atoms with Crippen LogP contribution in [0.1, 0.15) is 28.4 Å². The molecule has 1 heterocycles. The number of hydrogen-bond donors (Lipinski definition) is 0. The third kappa shape index (κ3) is 5.28. The molecule has 0 saturated carbocycles. The summed E-state index contributed by atoms with van der Waals surface area (Å²) in [4.78, 5) is 19.9. The van der Waals surface area contributed by atoms with E-state index in [1.807, 2.05) is 50.4 Å². The Kier molecular flexibility index (Phi) is 7.77. The van der Waals surface area contributed by atoms with Crippen molar-refractivity contribution >= 4 is 29.4 Å². The van der Waals surface area contributed by atoms with Crippen LogP contribution in [0.3, 0.4) is 0 Å². The lowest BCUT2D eigenvalue weighted by Gasteiger charge is -2.35. The summed E-state index contributed by atoms with van der Waals surface area (Å²) in [6.07, 6.45) is 1.86. The standard InChI is InChI=1S/C20H22ClN3O.C2H4/c1-15(22-2)24(20-7-5-19(21)6-8-20)14-23-10-9-17-11-16(13-25)3-4-18(17)12-23;1-2/h3-8,11,13H,9-10,12,14H2,1-2H3;1-2H2. The zero-order valence-electron chi connectivity index (χ0n) is 16.0. The fourth-order valence-corrected chi connectivity index (χ4v) is 3.26. The van der Waals surface area contributed by atoms with Crippen LogP contribution in [-0.4, -0.2) is 37.3 Å². The summed E-state index contributed by atoms with van der Waals surface area (Å²) in [5, 5.41) is 0.729. The molecular weight excluding hydrogens is 358 g/mol. The Morgan fingerprint density at radius 3 is 2.56 bits per heavy atom. The van der Waals surface area contributed by atoms with E-state index in [9.17, 15) is 4.79 Å². The lowest BCUT2D eigenvalue weighted by Crippen LogP contribution is -2.43. The van der Waals surface area contributed by atoms with Gasteiger partial charge in [0.1, 0.15) is 12.1 Å². The van der Waals surface area contributed by atoms with Gasteiger partial charge in [0, 0.05) is 36.4 Å². The van der Waals surface area contributed by atoms with Gasteiger partial charge in [0.25, 0.3) is 0 Å². The number of aldehydes is 1. The highest BCUT2D eigenvalue weighted by Crippen LogP contribution is 2.23. The number of hydrogen-bond acceptors (Lipinski definition) is 3. The monoisotopic (exact) mass is 383 g/mol. The Morgan fingerprint density at radius 1 is 1.22 bits per heavy atom. The third-order valence-corrected chi connectivity index (χ3v) is 4.90. The van der Waals surface area contributed by atoms with Crippen molar-refractivity contribution in [3.05, 3.63) is 77.3 Å². The van der Waals surface area contributed by atoms with E-state index in [1.165, 1.54) is 11.1 Å². The molecule has 2 aromatic carbocycles. The van der Waals surface area contributed by atoms with Crippen LogP contribution < -0.4 is 4.90 Å². The van der Waals surface area contributed by atoms with Crippen LogP contribution >= 0.6 is 11.6 Å². The van der Waals surface area contributed by atoms with E-state index in [4.69, 9.17) is 11.6 Å². The van der Waals surface area contributed by atoms with Crippen LogP contribution in [0.25, 0.3) is 0 Å². The van der Waals surface area contributed by atoms with Crippen LogP contribution in [-0.2, 0) is 13.0 Å². The fourth-order valence-electron chi connectivity index (χ4n) is 3.14. The Balaban J connectivity index is 0.00000126. The van der Waals surface area contributed by atoms with Gasteiger partial charge in [-0.25, -0.2) is 0 Å². The smallest absolute Gasteiger partial charge is 0.150 e. The topological polar surface area (TPSA) is 35.9 Å². The first-order valence-electron chi connectivity index (χ1n) is 8.86. The van der Waals surface area contributed by atoms with Gasteiger partial charge in [-0.1, -0.05) is 23.7 Å². The maximum atomic E-state index is 11.0. The molecule has 1 aliphatic heterocycles. The quantitative estimate of drug-likeness (QED) is 0.328. The molecule has 0 unspecified atom stereocenters. The molecule has 142 valence electrons. The zero-order valence-corrected chi connectivity index (χ0v) is 16.7. The second-order valence-corrected chi connectivity index (χ2v) is 6.70. The second kappa shape index (κ2) is 10.0. The number of carbonyl (C=O) groups is 1. The number of carbonyl (C=O) groups excluding carboxylic acids is 1. The van der Waals surface area contributed by atoms with Gasteiger partial charge in [0.05, 0.1) is 6.67 Å². The minimum Gasteiger partial charge on any atom is -0.317 e. The van der Waals surface area contributed by atoms with Gasteiger partial charge in [-0.2, -0.15) is 0 Å². The summed E-state index contributed by atoms with van der Waals surface area (Å²) < 4.78 is 0. The minimum atomic E-state index is 0.729. The molecule has 0 atom stereocenters. The van der Waals surface area contributed by atoms with E-state index in [0.717, 1.165) is 54.6 Å². The van der Waals surface area contributed by atoms with Gasteiger partial charge in [-0.15, -0.1) is 13.2 Å². The molecule has 0 fully saturated rings. The molecule has 0 N–H and O–H groups in total. The van der Waals surface area contributed by atoms with Crippen LogP contribution in [0.15, 0.2) is 60.6 Å². The predicted molar refractivity (Wildman–Crippen MR) is 115 cm³/mol. The van der Waals surface area contributed by atoms with E-state index in [2.05, 4.69) is 34.0 Å². The van der Waals surface area contributed by atoms with Gasteiger partial charge in [-0.3, -0.25) is 14.7 Å². The normalized spacial score (nSPS) is 14.0. The van der Waals surface area contributed by atoms with Crippen molar-refractivity contribution in [1.82, 2.24) is 4.90 Å². The summed E-state index contributed by atoms with van der Waals surface area (Å²) in [6, 6.07) is 13.8. The SMILES string of the molecule is C=C.CN=C(C)N(CN1CCc2cc(C=O)ccc2C1)c1ccc(Cl)cc1. The number of fused-ring (bicyclic) bond motifs is 1. The Hall–Kier alpha value is -2.43. The van der Waals surface area contributed by atoms with Gasteiger partial charge >= 0.3 is 0 Å². The molecule has 0 aliphatic carbocycles. The van der Waals surface area contributed by atoms with Gasteiger partial charge in [0.15, 0.2) is 0 Å². The molecule has 0 radical (unpaired) electrons. The zero-order chi connectivity index (χ0) is 19.8. The molecule has 2 aromatic rings. The molecule has 27 heavy (non-hydrogen) atoms. The van der Waals surface area contributed by atoms with Crippen molar-refractivity contribution in [2.75, 3.05) is 25.2 Å². The van der Waals surface area contributed by atoms with Crippen LogP contribution in [0, 0.1) is 0 Å². The third-order valence-electron chi connectivity index (χ3n) is 4.65. The number of amidine groups is 1. The summed E-state index contributed by atoms with van der Waals surface area (Å²) in [7, 11) is 1.81. The first-order chi connectivity index (χ1) is 13.1. The number of halogens is 1. The first kappa shape index (κ1) is 20.9. The van der Waals surface area contributed by atoms with Gasteiger partial charge < -0.3 is 4.90 Å². The van der Waals surface area contributed by atoms with E-state index in [1.54, 1.807) is 0 Å². The average molecular weight is 384 g/mol. The summed E-state index contributed by atoms with van der Waals surface area (Å²) in [6.45, 7) is 10.6. The van der Waals surface area contributed by atoms with Crippen LogP contribution in [0.5, 0.6) is 0 Å². The number of aliphatic imine (C=N–C) groups is 1. The second-order valence-electron chi connectivity index (χ2n) is 6.27. The Morgan fingerprint density at radius 2 is 1.93 bits per heavy atom. The Labute approximate surface area is 166 Å². The molecule has 0 bridgehead atoms. The molecule has 4 nitrogen and oxygen atoms in total. The van der Waals surface area contributed by atoms with E-state index >= 15 is 0 Å². The number of benzene rings is 2. The van der Waals surface area contributed by atoms with Crippen molar-refractivity contribution < 1.29 is 4.79 Å². The minimum absolute atomic E-state index is 0.729. The van der Waals surface area contributed by atoms with E-state index in [-0.39, 0.29) is 0 Å². The summed E-state index contributed by atoms with van der Waals surface area (Å²) in [5.74, 6) is 0.962. The molecule has 0 amide bonds. The fraction of sp³-hybridized carbons (Fsp3) is 0.273. The van der Waals surface area contributed by atoms with E-state index in [0.29, 0.717) is 0 Å². The molecule has 0 saturated heterocycles. The molecule has 5 heteroatoms. The lowest BCUT2D eigenvalue weighted by atomic mass is 9.98. The number of nitrogens with zero attached hydrogens (tertiary/aromatic N) is 3. The summed E-state index contributed by atoms with van der Waals surface area (Å²) in [5.41, 5.74) is 4.40. The molecule has 0 aromatic heterocycles. The van der Waals surface area contributed by atoms with Gasteiger partial charge in [0.2, 0.25) is 0 Å². The maximum absolute atomic E-state index is 11.0. The highest BCUT2D eigenvalue weighted by atomic mass is 35.5. The van der Waals surface area contributed by atoms with E-state index < -0.39 is 0 Å².